The Balaban J connectivity index is 1.39. The Morgan fingerprint density at radius 3 is 2.48 bits per heavy atom. The van der Waals surface area contributed by atoms with Crippen molar-refractivity contribution in [3.8, 4) is 5.75 Å². The van der Waals surface area contributed by atoms with Gasteiger partial charge in [0.15, 0.2) is 9.84 Å². The summed E-state index contributed by atoms with van der Waals surface area (Å²) in [7, 11) is -3.14. The van der Waals surface area contributed by atoms with Crippen LogP contribution in [0.5, 0.6) is 5.75 Å². The SMILES string of the molecule is O=C(C1CCC1)N1CCN(CCOc2ccc(F)cc2)[C@@H]2CS(=O)(=O)C[C@@H]21. The van der Waals surface area contributed by atoms with Gasteiger partial charge in [0.05, 0.1) is 17.5 Å². The molecule has 0 unspecified atom stereocenters. The molecule has 4 rings (SSSR count). The van der Waals surface area contributed by atoms with Gasteiger partial charge in [-0.25, -0.2) is 12.8 Å². The Kier molecular flexibility index (Phi) is 5.11. The van der Waals surface area contributed by atoms with Crippen molar-refractivity contribution in [1.82, 2.24) is 9.80 Å². The Bertz CT molecular complexity index is 794. The molecule has 8 heteroatoms. The van der Waals surface area contributed by atoms with Gasteiger partial charge in [-0.05, 0) is 37.1 Å². The number of hydrogen-bond donors (Lipinski definition) is 0. The van der Waals surface area contributed by atoms with E-state index < -0.39 is 9.84 Å². The van der Waals surface area contributed by atoms with Crippen LogP contribution in [0, 0.1) is 11.7 Å². The number of rotatable bonds is 5. The molecule has 2 saturated heterocycles. The van der Waals surface area contributed by atoms with E-state index in [-0.39, 0.29) is 41.2 Å². The van der Waals surface area contributed by atoms with Crippen molar-refractivity contribution < 1.29 is 22.3 Å². The number of amides is 1. The lowest BCUT2D eigenvalue weighted by Crippen LogP contribution is -2.62. The summed E-state index contributed by atoms with van der Waals surface area (Å²) in [5.74, 6) is 0.658. The maximum Gasteiger partial charge on any atom is 0.226 e. The van der Waals surface area contributed by atoms with Gasteiger partial charge < -0.3 is 9.64 Å². The van der Waals surface area contributed by atoms with Crippen molar-refractivity contribution in [3.05, 3.63) is 30.1 Å². The number of halogens is 1. The summed E-state index contributed by atoms with van der Waals surface area (Å²) in [5.41, 5.74) is 0. The molecule has 0 aromatic heterocycles. The fourth-order valence-corrected chi connectivity index (χ4v) is 6.29. The second-order valence-corrected chi connectivity index (χ2v) is 9.86. The number of fused-ring (bicyclic) bond motifs is 1. The molecule has 6 nitrogen and oxygen atoms in total. The molecule has 27 heavy (non-hydrogen) atoms. The number of piperazine rings is 1. The molecular formula is C19H25FN2O4S. The molecule has 1 saturated carbocycles. The third-order valence-electron chi connectivity index (χ3n) is 5.99. The van der Waals surface area contributed by atoms with Crippen LogP contribution in [0.1, 0.15) is 19.3 Å². The zero-order valence-corrected chi connectivity index (χ0v) is 16.0. The molecule has 1 aromatic rings. The molecule has 2 atom stereocenters. The van der Waals surface area contributed by atoms with Crippen LogP contribution in [0.2, 0.25) is 0 Å². The van der Waals surface area contributed by atoms with E-state index in [0.29, 0.717) is 32.0 Å². The van der Waals surface area contributed by atoms with E-state index in [1.807, 2.05) is 4.90 Å². The maximum absolute atomic E-state index is 13.0. The lowest BCUT2D eigenvalue weighted by Gasteiger charge is -2.45. The second kappa shape index (κ2) is 7.39. The van der Waals surface area contributed by atoms with Gasteiger partial charge in [-0.3, -0.25) is 9.69 Å². The summed E-state index contributed by atoms with van der Waals surface area (Å²) < 4.78 is 43.1. The van der Waals surface area contributed by atoms with E-state index in [2.05, 4.69) is 4.90 Å². The minimum Gasteiger partial charge on any atom is -0.492 e. The summed E-state index contributed by atoms with van der Waals surface area (Å²) in [6.45, 7) is 2.20. The topological polar surface area (TPSA) is 66.9 Å². The quantitative estimate of drug-likeness (QED) is 0.751. The summed E-state index contributed by atoms with van der Waals surface area (Å²) in [6.07, 6.45) is 2.94. The first-order chi connectivity index (χ1) is 12.9. The van der Waals surface area contributed by atoms with Gasteiger partial charge in [0.1, 0.15) is 18.2 Å². The average Bonchev–Trinajstić information content (AvgIpc) is 2.90. The first-order valence-electron chi connectivity index (χ1n) is 9.56. The molecule has 2 aliphatic heterocycles. The second-order valence-electron chi connectivity index (χ2n) is 7.71. The van der Waals surface area contributed by atoms with Crippen LogP contribution in [0.15, 0.2) is 24.3 Å². The Labute approximate surface area is 159 Å². The van der Waals surface area contributed by atoms with Crippen molar-refractivity contribution in [2.75, 3.05) is 37.7 Å². The first kappa shape index (κ1) is 18.7. The van der Waals surface area contributed by atoms with E-state index in [0.717, 1.165) is 19.3 Å². The highest BCUT2D eigenvalue weighted by atomic mass is 32.2. The fourth-order valence-electron chi connectivity index (χ4n) is 4.28. The van der Waals surface area contributed by atoms with Crippen molar-refractivity contribution in [3.63, 3.8) is 0 Å². The van der Waals surface area contributed by atoms with Gasteiger partial charge in [-0.2, -0.15) is 0 Å². The van der Waals surface area contributed by atoms with E-state index in [1.54, 1.807) is 12.1 Å². The molecule has 1 amide bonds. The van der Waals surface area contributed by atoms with E-state index in [4.69, 9.17) is 4.74 Å². The third kappa shape index (κ3) is 3.96. The molecule has 0 spiro atoms. The zero-order valence-electron chi connectivity index (χ0n) is 15.2. The Hall–Kier alpha value is -1.67. The molecule has 2 heterocycles. The molecule has 3 fully saturated rings. The predicted octanol–water partition coefficient (Wildman–Crippen LogP) is 1.31. The fraction of sp³-hybridized carbons (Fsp3) is 0.632. The van der Waals surface area contributed by atoms with Gasteiger partial charge in [0, 0.05) is 31.6 Å². The van der Waals surface area contributed by atoms with Crippen molar-refractivity contribution >= 4 is 15.7 Å². The summed E-state index contributed by atoms with van der Waals surface area (Å²) >= 11 is 0. The molecule has 3 aliphatic rings. The zero-order chi connectivity index (χ0) is 19.0. The highest BCUT2D eigenvalue weighted by Gasteiger charge is 2.49. The molecule has 0 N–H and O–H groups in total. The van der Waals surface area contributed by atoms with Crippen molar-refractivity contribution in [2.24, 2.45) is 5.92 Å². The molecule has 0 radical (unpaired) electrons. The lowest BCUT2D eigenvalue weighted by molar-refractivity contribution is -0.144. The van der Waals surface area contributed by atoms with Crippen LogP contribution in [-0.4, -0.2) is 74.0 Å². The lowest BCUT2D eigenvalue weighted by atomic mass is 9.83. The van der Waals surface area contributed by atoms with Gasteiger partial charge in [0.25, 0.3) is 0 Å². The van der Waals surface area contributed by atoms with Crippen LogP contribution < -0.4 is 4.74 Å². The van der Waals surface area contributed by atoms with E-state index in [9.17, 15) is 17.6 Å². The van der Waals surface area contributed by atoms with Crippen molar-refractivity contribution in [2.45, 2.75) is 31.3 Å². The molecule has 1 aromatic carbocycles. The minimum absolute atomic E-state index is 0.0610. The number of sulfone groups is 1. The minimum atomic E-state index is -3.14. The van der Waals surface area contributed by atoms with Crippen molar-refractivity contribution in [1.29, 1.82) is 0 Å². The largest absolute Gasteiger partial charge is 0.492 e. The van der Waals surface area contributed by atoms with Gasteiger partial charge in [-0.15, -0.1) is 0 Å². The third-order valence-corrected chi connectivity index (χ3v) is 7.69. The smallest absolute Gasteiger partial charge is 0.226 e. The van der Waals surface area contributed by atoms with Gasteiger partial charge in [0.2, 0.25) is 5.91 Å². The number of nitrogens with zero attached hydrogens (tertiary/aromatic N) is 2. The molecule has 148 valence electrons. The molecular weight excluding hydrogens is 371 g/mol. The van der Waals surface area contributed by atoms with Crippen LogP contribution in [0.4, 0.5) is 4.39 Å². The van der Waals surface area contributed by atoms with E-state index >= 15 is 0 Å². The van der Waals surface area contributed by atoms with Crippen LogP contribution in [0.25, 0.3) is 0 Å². The highest BCUT2D eigenvalue weighted by molar-refractivity contribution is 7.91. The first-order valence-corrected chi connectivity index (χ1v) is 11.4. The number of benzene rings is 1. The van der Waals surface area contributed by atoms with E-state index in [1.165, 1.54) is 12.1 Å². The normalized spacial score (nSPS) is 27.8. The Morgan fingerprint density at radius 1 is 1.11 bits per heavy atom. The standard InChI is InChI=1S/C19H25FN2O4S/c20-15-4-6-16(7-5-15)26-11-10-21-8-9-22(19(23)14-2-1-3-14)18-13-27(24,25)12-17(18)21/h4-7,14,17-18H,1-3,8-13H2/t17-,18+/m1/s1. The molecule has 1 aliphatic carbocycles. The summed E-state index contributed by atoms with van der Waals surface area (Å²) in [5, 5.41) is 0. The van der Waals surface area contributed by atoms with Crippen LogP contribution in [-0.2, 0) is 14.6 Å². The summed E-state index contributed by atoms with van der Waals surface area (Å²) in [4.78, 5) is 16.7. The number of carbonyl (C=O) groups excluding carboxylic acids is 1. The molecule has 0 bridgehead atoms. The number of hydrogen-bond acceptors (Lipinski definition) is 5. The Morgan fingerprint density at radius 2 is 1.81 bits per heavy atom. The highest BCUT2D eigenvalue weighted by Crippen LogP contribution is 2.33. The monoisotopic (exact) mass is 396 g/mol. The van der Waals surface area contributed by atoms with Gasteiger partial charge in [-0.1, -0.05) is 6.42 Å². The summed E-state index contributed by atoms with van der Waals surface area (Å²) in [6, 6.07) is 5.44. The predicted molar refractivity (Wildman–Crippen MR) is 98.8 cm³/mol. The van der Waals surface area contributed by atoms with Crippen LogP contribution >= 0.6 is 0 Å². The number of carbonyl (C=O) groups is 1. The number of ether oxygens (including phenoxy) is 1. The van der Waals surface area contributed by atoms with Crippen LogP contribution in [0.3, 0.4) is 0 Å². The van der Waals surface area contributed by atoms with Gasteiger partial charge >= 0.3 is 0 Å². The average molecular weight is 396 g/mol. The maximum atomic E-state index is 13.0.